The van der Waals surface area contributed by atoms with Gasteiger partial charge in [-0.1, -0.05) is 13.8 Å². The van der Waals surface area contributed by atoms with Crippen molar-refractivity contribution < 1.29 is 5.11 Å². The number of aliphatic hydroxyl groups excluding tert-OH is 1. The summed E-state index contributed by atoms with van der Waals surface area (Å²) in [6.45, 7) is 9.62. The average Bonchev–Trinajstić information content (AvgIpc) is 1.81. The summed E-state index contributed by atoms with van der Waals surface area (Å²) in [5.41, 5.74) is 0. The number of likely N-dealkylation sites (tertiary alicyclic amines) is 1. The monoisotopic (exact) mass is 171 g/mol. The molecule has 2 heteroatoms. The van der Waals surface area contributed by atoms with Crippen molar-refractivity contribution >= 4 is 0 Å². The number of piperidine rings is 1. The number of hydrogen-bond acceptors (Lipinski definition) is 2. The molecule has 1 rings (SSSR count). The molecule has 1 aliphatic rings. The van der Waals surface area contributed by atoms with Gasteiger partial charge in [0.2, 0.25) is 0 Å². The fraction of sp³-hybridized carbons (Fsp3) is 1.00. The van der Waals surface area contributed by atoms with Crippen LogP contribution in [0.4, 0.5) is 0 Å². The second kappa shape index (κ2) is 4.24. The minimum Gasteiger partial charge on any atom is -0.392 e. The van der Waals surface area contributed by atoms with Gasteiger partial charge in [-0.3, -0.25) is 0 Å². The molecule has 2 unspecified atom stereocenters. The molecule has 0 aromatic carbocycles. The molecule has 1 fully saturated rings. The van der Waals surface area contributed by atoms with E-state index >= 15 is 0 Å². The first kappa shape index (κ1) is 10.0. The average molecular weight is 171 g/mol. The Morgan fingerprint density at radius 1 is 1.33 bits per heavy atom. The first-order valence-corrected chi connectivity index (χ1v) is 4.98. The van der Waals surface area contributed by atoms with E-state index in [9.17, 15) is 5.11 Å². The minimum atomic E-state index is -0.178. The third-order valence-corrected chi connectivity index (χ3v) is 2.47. The number of hydrogen-bond donors (Lipinski definition) is 1. The molecule has 0 radical (unpaired) electrons. The predicted molar refractivity (Wildman–Crippen MR) is 51.1 cm³/mol. The second-order valence-electron chi connectivity index (χ2n) is 4.51. The van der Waals surface area contributed by atoms with Crippen LogP contribution in [0.15, 0.2) is 0 Å². The molecule has 1 heterocycles. The Balaban J connectivity index is 2.34. The zero-order valence-electron chi connectivity index (χ0n) is 8.45. The van der Waals surface area contributed by atoms with Crippen LogP contribution in [0.3, 0.4) is 0 Å². The Bertz CT molecular complexity index is 123. The van der Waals surface area contributed by atoms with E-state index in [0.29, 0.717) is 0 Å². The standard InChI is InChI=1S/C10H21NO/c1-8-4-9(2)6-11(5-8)7-10(3)12/h8-10,12H,4-7H2,1-3H3/t8?,9?,10-/m1/s1. The molecule has 2 nitrogen and oxygen atoms in total. The topological polar surface area (TPSA) is 23.5 Å². The van der Waals surface area contributed by atoms with Crippen LogP contribution in [-0.4, -0.2) is 35.7 Å². The van der Waals surface area contributed by atoms with Crippen LogP contribution >= 0.6 is 0 Å². The lowest BCUT2D eigenvalue weighted by Crippen LogP contribution is -2.42. The molecular formula is C10H21NO. The van der Waals surface area contributed by atoms with Gasteiger partial charge < -0.3 is 10.0 Å². The largest absolute Gasteiger partial charge is 0.392 e. The van der Waals surface area contributed by atoms with Gasteiger partial charge in [0, 0.05) is 19.6 Å². The summed E-state index contributed by atoms with van der Waals surface area (Å²) >= 11 is 0. The van der Waals surface area contributed by atoms with Crippen LogP contribution < -0.4 is 0 Å². The van der Waals surface area contributed by atoms with Gasteiger partial charge in [-0.25, -0.2) is 0 Å². The maximum absolute atomic E-state index is 9.24. The summed E-state index contributed by atoms with van der Waals surface area (Å²) in [5.74, 6) is 1.60. The van der Waals surface area contributed by atoms with Crippen LogP contribution in [0.2, 0.25) is 0 Å². The number of nitrogens with zero attached hydrogens (tertiary/aromatic N) is 1. The molecule has 0 spiro atoms. The van der Waals surface area contributed by atoms with Crippen molar-refractivity contribution in [2.45, 2.75) is 33.3 Å². The van der Waals surface area contributed by atoms with E-state index in [0.717, 1.165) is 31.5 Å². The Morgan fingerprint density at radius 3 is 2.25 bits per heavy atom. The molecule has 0 amide bonds. The summed E-state index contributed by atoms with van der Waals surface area (Å²) in [5, 5.41) is 9.24. The molecule has 0 aliphatic carbocycles. The van der Waals surface area contributed by atoms with E-state index in [1.165, 1.54) is 6.42 Å². The van der Waals surface area contributed by atoms with Gasteiger partial charge in [0.25, 0.3) is 0 Å². The third kappa shape index (κ3) is 3.11. The molecular weight excluding hydrogens is 150 g/mol. The van der Waals surface area contributed by atoms with Crippen molar-refractivity contribution in [1.82, 2.24) is 4.90 Å². The van der Waals surface area contributed by atoms with E-state index in [4.69, 9.17) is 0 Å². The zero-order valence-corrected chi connectivity index (χ0v) is 8.45. The lowest BCUT2D eigenvalue weighted by molar-refractivity contribution is 0.0789. The highest BCUT2D eigenvalue weighted by molar-refractivity contribution is 4.75. The maximum atomic E-state index is 9.24. The molecule has 1 aliphatic heterocycles. The van der Waals surface area contributed by atoms with Crippen LogP contribution in [0.25, 0.3) is 0 Å². The van der Waals surface area contributed by atoms with Crippen molar-refractivity contribution in [3.63, 3.8) is 0 Å². The molecule has 0 aromatic heterocycles. The summed E-state index contributed by atoms with van der Waals surface area (Å²) < 4.78 is 0. The van der Waals surface area contributed by atoms with Gasteiger partial charge in [-0.05, 0) is 25.2 Å². The molecule has 1 N–H and O–H groups in total. The first-order valence-electron chi connectivity index (χ1n) is 4.98. The summed E-state index contributed by atoms with van der Waals surface area (Å²) in [4.78, 5) is 2.38. The number of aliphatic hydroxyl groups is 1. The van der Waals surface area contributed by atoms with E-state index in [2.05, 4.69) is 18.7 Å². The van der Waals surface area contributed by atoms with E-state index in [-0.39, 0.29) is 6.10 Å². The van der Waals surface area contributed by atoms with Crippen LogP contribution in [0.1, 0.15) is 27.2 Å². The zero-order chi connectivity index (χ0) is 9.14. The van der Waals surface area contributed by atoms with Gasteiger partial charge in [0.05, 0.1) is 6.10 Å². The Kier molecular flexibility index (Phi) is 3.53. The highest BCUT2D eigenvalue weighted by Crippen LogP contribution is 2.20. The van der Waals surface area contributed by atoms with Crippen molar-refractivity contribution in [3.05, 3.63) is 0 Å². The normalized spacial score (nSPS) is 35.0. The van der Waals surface area contributed by atoms with Crippen molar-refractivity contribution in [2.24, 2.45) is 11.8 Å². The SMILES string of the molecule is CC1CC(C)CN(C[C@@H](C)O)C1. The quantitative estimate of drug-likeness (QED) is 0.678. The Labute approximate surface area is 75.6 Å². The maximum Gasteiger partial charge on any atom is 0.0639 e. The van der Waals surface area contributed by atoms with Crippen molar-refractivity contribution in [2.75, 3.05) is 19.6 Å². The van der Waals surface area contributed by atoms with Gasteiger partial charge >= 0.3 is 0 Å². The second-order valence-corrected chi connectivity index (χ2v) is 4.51. The van der Waals surface area contributed by atoms with Gasteiger partial charge in [-0.2, -0.15) is 0 Å². The minimum absolute atomic E-state index is 0.178. The lowest BCUT2D eigenvalue weighted by Gasteiger charge is -2.35. The number of β-amino-alcohol motifs (C(OH)–C–C–N with tert-alkyl or cyclic N) is 1. The molecule has 0 aromatic rings. The molecule has 12 heavy (non-hydrogen) atoms. The van der Waals surface area contributed by atoms with E-state index in [1.54, 1.807) is 0 Å². The van der Waals surface area contributed by atoms with Gasteiger partial charge in [-0.15, -0.1) is 0 Å². The number of rotatable bonds is 2. The Morgan fingerprint density at radius 2 is 1.83 bits per heavy atom. The highest BCUT2D eigenvalue weighted by atomic mass is 16.3. The summed E-state index contributed by atoms with van der Waals surface area (Å²) in [6, 6.07) is 0. The molecule has 0 saturated carbocycles. The van der Waals surface area contributed by atoms with Crippen LogP contribution in [-0.2, 0) is 0 Å². The fourth-order valence-corrected chi connectivity index (χ4v) is 2.31. The molecule has 3 atom stereocenters. The molecule has 1 saturated heterocycles. The smallest absolute Gasteiger partial charge is 0.0639 e. The predicted octanol–water partition coefficient (Wildman–Crippen LogP) is 1.35. The molecule has 72 valence electrons. The van der Waals surface area contributed by atoms with Crippen LogP contribution in [0, 0.1) is 11.8 Å². The van der Waals surface area contributed by atoms with E-state index < -0.39 is 0 Å². The van der Waals surface area contributed by atoms with Crippen molar-refractivity contribution in [3.8, 4) is 0 Å². The Hall–Kier alpha value is -0.0800. The third-order valence-electron chi connectivity index (χ3n) is 2.47. The summed E-state index contributed by atoms with van der Waals surface area (Å²) in [7, 11) is 0. The summed E-state index contributed by atoms with van der Waals surface area (Å²) in [6.07, 6.45) is 1.17. The van der Waals surface area contributed by atoms with Crippen molar-refractivity contribution in [1.29, 1.82) is 0 Å². The van der Waals surface area contributed by atoms with Gasteiger partial charge in [0.1, 0.15) is 0 Å². The lowest BCUT2D eigenvalue weighted by atomic mass is 9.92. The fourth-order valence-electron chi connectivity index (χ4n) is 2.31. The van der Waals surface area contributed by atoms with Gasteiger partial charge in [0.15, 0.2) is 0 Å². The van der Waals surface area contributed by atoms with E-state index in [1.807, 2.05) is 6.92 Å². The molecule has 0 bridgehead atoms. The van der Waals surface area contributed by atoms with Crippen LogP contribution in [0.5, 0.6) is 0 Å². The first-order chi connectivity index (χ1) is 5.58. The highest BCUT2D eigenvalue weighted by Gasteiger charge is 2.21.